The van der Waals surface area contributed by atoms with Gasteiger partial charge in [-0.2, -0.15) is 0 Å². The molecule has 0 spiro atoms. The Morgan fingerprint density at radius 2 is 2.00 bits per heavy atom. The smallest absolute Gasteiger partial charge is 0.107 e. The van der Waals surface area contributed by atoms with Crippen LogP contribution in [0, 0.1) is 6.92 Å². The third-order valence-corrected chi connectivity index (χ3v) is 5.16. The van der Waals surface area contributed by atoms with Gasteiger partial charge in [0.15, 0.2) is 0 Å². The van der Waals surface area contributed by atoms with Gasteiger partial charge in [0.2, 0.25) is 0 Å². The molecule has 0 radical (unpaired) electrons. The summed E-state index contributed by atoms with van der Waals surface area (Å²) in [5.41, 5.74) is 1.22. The summed E-state index contributed by atoms with van der Waals surface area (Å²) >= 11 is 1.89. The monoisotopic (exact) mass is 280 g/mol. The largest absolute Gasteiger partial charge is 0.309 e. The van der Waals surface area contributed by atoms with E-state index in [0.29, 0.717) is 0 Å². The number of aryl methyl sites for hydroxylation is 1. The van der Waals surface area contributed by atoms with Crippen molar-refractivity contribution in [2.45, 2.75) is 38.9 Å². The molecule has 2 fully saturated rings. The van der Waals surface area contributed by atoms with Gasteiger partial charge in [0, 0.05) is 43.6 Å². The molecule has 3 rings (SSSR count). The molecule has 1 saturated heterocycles. The molecule has 0 unspecified atom stereocenters. The first-order valence-electron chi connectivity index (χ1n) is 7.30. The van der Waals surface area contributed by atoms with Crippen molar-refractivity contribution in [2.24, 2.45) is 0 Å². The zero-order valence-corrected chi connectivity index (χ0v) is 12.8. The van der Waals surface area contributed by atoms with E-state index in [4.69, 9.17) is 4.98 Å². The number of nitrogens with one attached hydrogen (secondary N) is 1. The van der Waals surface area contributed by atoms with E-state index in [1.807, 2.05) is 11.3 Å². The molecule has 1 saturated carbocycles. The zero-order chi connectivity index (χ0) is 13.2. The van der Waals surface area contributed by atoms with Crippen LogP contribution < -0.4 is 5.32 Å². The number of hydrogen-bond donors (Lipinski definition) is 1. The van der Waals surface area contributed by atoms with Crippen LogP contribution in [0.2, 0.25) is 0 Å². The Morgan fingerprint density at radius 1 is 1.26 bits per heavy atom. The van der Waals surface area contributed by atoms with Crippen molar-refractivity contribution in [3.63, 3.8) is 0 Å². The molecule has 0 bridgehead atoms. The fourth-order valence-corrected chi connectivity index (χ4v) is 3.50. The predicted molar refractivity (Wildman–Crippen MR) is 79.5 cm³/mol. The molecule has 1 N–H and O–H groups in total. The third kappa shape index (κ3) is 3.75. The third-order valence-electron chi connectivity index (χ3n) is 4.02. The average molecular weight is 280 g/mol. The van der Waals surface area contributed by atoms with Crippen LogP contribution in [0.3, 0.4) is 0 Å². The van der Waals surface area contributed by atoms with Crippen molar-refractivity contribution >= 4 is 11.3 Å². The van der Waals surface area contributed by atoms with Gasteiger partial charge in [-0.05, 0) is 26.8 Å². The van der Waals surface area contributed by atoms with Crippen LogP contribution in [0.15, 0.2) is 0 Å². The first kappa shape index (κ1) is 13.5. The molecular formula is C14H24N4S. The molecular weight excluding hydrogens is 256 g/mol. The standard InChI is InChI=1S/C14H24N4S/c1-11-13(9-15-12-3-4-12)19-14(16-11)10-18-7-5-17(2)6-8-18/h12,15H,3-10H2,1-2H3. The van der Waals surface area contributed by atoms with Crippen LogP contribution >= 0.6 is 11.3 Å². The van der Waals surface area contributed by atoms with Crippen LogP contribution in [-0.4, -0.2) is 54.1 Å². The van der Waals surface area contributed by atoms with Crippen molar-refractivity contribution in [1.29, 1.82) is 0 Å². The van der Waals surface area contributed by atoms with E-state index in [-0.39, 0.29) is 0 Å². The van der Waals surface area contributed by atoms with Crippen LogP contribution in [-0.2, 0) is 13.1 Å². The van der Waals surface area contributed by atoms with Crippen molar-refractivity contribution < 1.29 is 0 Å². The van der Waals surface area contributed by atoms with Gasteiger partial charge in [-0.1, -0.05) is 0 Å². The highest BCUT2D eigenvalue weighted by Gasteiger charge is 2.21. The first-order chi connectivity index (χ1) is 9.20. The highest BCUT2D eigenvalue weighted by atomic mass is 32.1. The maximum absolute atomic E-state index is 4.75. The number of rotatable bonds is 5. The second-order valence-electron chi connectivity index (χ2n) is 5.85. The number of nitrogens with zero attached hydrogens (tertiary/aromatic N) is 3. The number of hydrogen-bond acceptors (Lipinski definition) is 5. The summed E-state index contributed by atoms with van der Waals surface area (Å²) in [5, 5.41) is 4.87. The van der Waals surface area contributed by atoms with E-state index in [2.05, 4.69) is 29.1 Å². The summed E-state index contributed by atoms with van der Waals surface area (Å²) in [6.07, 6.45) is 2.71. The molecule has 106 valence electrons. The summed E-state index contributed by atoms with van der Waals surface area (Å²) < 4.78 is 0. The van der Waals surface area contributed by atoms with Gasteiger partial charge in [-0.25, -0.2) is 4.98 Å². The molecule has 1 aromatic rings. The van der Waals surface area contributed by atoms with Crippen molar-refractivity contribution in [2.75, 3.05) is 33.2 Å². The Labute approximate surface area is 119 Å². The zero-order valence-electron chi connectivity index (χ0n) is 12.0. The Bertz CT molecular complexity index is 419. The summed E-state index contributed by atoms with van der Waals surface area (Å²) in [5.74, 6) is 0. The Morgan fingerprint density at radius 3 is 2.68 bits per heavy atom. The van der Waals surface area contributed by atoms with Gasteiger partial charge in [0.05, 0.1) is 12.2 Å². The maximum Gasteiger partial charge on any atom is 0.107 e. The molecule has 19 heavy (non-hydrogen) atoms. The number of thiazole rings is 1. The lowest BCUT2D eigenvalue weighted by molar-refractivity contribution is 0.148. The van der Waals surface area contributed by atoms with Crippen molar-refractivity contribution in [3.8, 4) is 0 Å². The molecule has 2 aliphatic rings. The van der Waals surface area contributed by atoms with E-state index in [9.17, 15) is 0 Å². The SMILES string of the molecule is Cc1nc(CN2CCN(C)CC2)sc1CNC1CC1. The first-order valence-corrected chi connectivity index (χ1v) is 8.12. The van der Waals surface area contributed by atoms with Gasteiger partial charge in [-0.3, -0.25) is 4.90 Å². The topological polar surface area (TPSA) is 31.4 Å². The van der Waals surface area contributed by atoms with Gasteiger partial charge in [-0.15, -0.1) is 11.3 Å². The fourth-order valence-electron chi connectivity index (χ4n) is 2.44. The minimum absolute atomic E-state index is 0.780. The summed E-state index contributed by atoms with van der Waals surface area (Å²) in [4.78, 5) is 11.1. The average Bonchev–Trinajstić information content (AvgIpc) is 3.15. The molecule has 4 nitrogen and oxygen atoms in total. The fraction of sp³-hybridized carbons (Fsp3) is 0.786. The second-order valence-corrected chi connectivity index (χ2v) is 7.02. The van der Waals surface area contributed by atoms with Crippen LogP contribution in [0.5, 0.6) is 0 Å². The van der Waals surface area contributed by atoms with Crippen molar-refractivity contribution in [1.82, 2.24) is 20.1 Å². The molecule has 0 aromatic carbocycles. The lowest BCUT2D eigenvalue weighted by atomic mass is 10.3. The molecule has 1 aliphatic heterocycles. The minimum atomic E-state index is 0.780. The van der Waals surface area contributed by atoms with Crippen LogP contribution in [0.1, 0.15) is 28.4 Å². The van der Waals surface area contributed by atoms with E-state index in [0.717, 1.165) is 19.1 Å². The normalized spacial score (nSPS) is 22.0. The lowest BCUT2D eigenvalue weighted by Crippen LogP contribution is -2.43. The Hall–Kier alpha value is -0.490. The van der Waals surface area contributed by atoms with Gasteiger partial charge in [0.25, 0.3) is 0 Å². The highest BCUT2D eigenvalue weighted by molar-refractivity contribution is 7.11. The minimum Gasteiger partial charge on any atom is -0.309 e. The van der Waals surface area contributed by atoms with E-state index >= 15 is 0 Å². The summed E-state index contributed by atoms with van der Waals surface area (Å²) in [6.45, 7) is 8.89. The molecule has 1 aliphatic carbocycles. The molecule has 0 atom stereocenters. The lowest BCUT2D eigenvalue weighted by Gasteiger charge is -2.31. The van der Waals surface area contributed by atoms with E-state index < -0.39 is 0 Å². The summed E-state index contributed by atoms with van der Waals surface area (Å²) in [6, 6.07) is 0.780. The van der Waals surface area contributed by atoms with Gasteiger partial charge < -0.3 is 10.2 Å². The van der Waals surface area contributed by atoms with E-state index in [1.54, 1.807) is 0 Å². The molecule has 5 heteroatoms. The summed E-state index contributed by atoms with van der Waals surface area (Å²) in [7, 11) is 2.20. The number of piperazine rings is 1. The number of likely N-dealkylation sites (N-methyl/N-ethyl adjacent to an activating group) is 1. The molecule has 1 aromatic heterocycles. The second kappa shape index (κ2) is 5.87. The van der Waals surface area contributed by atoms with Gasteiger partial charge >= 0.3 is 0 Å². The predicted octanol–water partition coefficient (Wildman–Crippen LogP) is 1.45. The quantitative estimate of drug-likeness (QED) is 0.884. The van der Waals surface area contributed by atoms with Crippen molar-refractivity contribution in [3.05, 3.63) is 15.6 Å². The molecule has 2 heterocycles. The van der Waals surface area contributed by atoms with Gasteiger partial charge in [0.1, 0.15) is 5.01 Å². The Kier molecular flexibility index (Phi) is 4.17. The number of aromatic nitrogens is 1. The highest BCUT2D eigenvalue weighted by Crippen LogP contribution is 2.23. The molecule has 0 amide bonds. The Balaban J connectivity index is 1.53. The van der Waals surface area contributed by atoms with Crippen LogP contribution in [0.4, 0.5) is 0 Å². The van der Waals surface area contributed by atoms with E-state index in [1.165, 1.54) is 54.6 Å². The van der Waals surface area contributed by atoms with Crippen LogP contribution in [0.25, 0.3) is 0 Å². The maximum atomic E-state index is 4.75.